The molecule has 0 aliphatic carbocycles. The van der Waals surface area contributed by atoms with Crippen LogP contribution in [0.4, 0.5) is 5.82 Å². The Balaban J connectivity index is 2.04. The van der Waals surface area contributed by atoms with Crippen molar-refractivity contribution in [3.05, 3.63) is 17.9 Å². The zero-order valence-corrected chi connectivity index (χ0v) is 9.68. The molecule has 17 heavy (non-hydrogen) atoms. The lowest BCUT2D eigenvalue weighted by Crippen LogP contribution is -1.98. The molecule has 0 radical (unpaired) electrons. The molecule has 3 heterocycles. The normalized spacial score (nSPS) is 10.9. The van der Waals surface area contributed by atoms with E-state index < -0.39 is 0 Å². The average molecular weight is 248 g/mol. The number of nitrogen functional groups attached to an aromatic ring is 1. The standard InChI is InChI=1S/C9H8N6OS/c1-15-7(10)5(2-12-15)9-13-8(14-16-9)6-3-11-4-17-6/h2-4H,10H2,1H3. The van der Waals surface area contributed by atoms with Crippen molar-refractivity contribution in [2.45, 2.75) is 0 Å². The van der Waals surface area contributed by atoms with Crippen LogP contribution >= 0.6 is 11.3 Å². The highest BCUT2D eigenvalue weighted by Gasteiger charge is 2.16. The number of anilines is 1. The summed E-state index contributed by atoms with van der Waals surface area (Å²) in [6.45, 7) is 0. The monoisotopic (exact) mass is 248 g/mol. The Labute approximate surface area is 99.9 Å². The van der Waals surface area contributed by atoms with Gasteiger partial charge in [0.25, 0.3) is 5.89 Å². The molecule has 0 spiro atoms. The minimum Gasteiger partial charge on any atom is -0.383 e. The zero-order chi connectivity index (χ0) is 11.8. The maximum absolute atomic E-state index is 5.83. The first kappa shape index (κ1) is 9.97. The summed E-state index contributed by atoms with van der Waals surface area (Å²) in [6.07, 6.45) is 3.28. The Morgan fingerprint density at radius 3 is 2.94 bits per heavy atom. The van der Waals surface area contributed by atoms with E-state index in [-0.39, 0.29) is 0 Å². The molecule has 0 saturated carbocycles. The third kappa shape index (κ3) is 1.58. The number of thiazole rings is 1. The molecule has 3 aromatic heterocycles. The molecule has 8 heteroatoms. The van der Waals surface area contributed by atoms with Crippen molar-refractivity contribution in [3.8, 4) is 22.2 Å². The summed E-state index contributed by atoms with van der Waals surface area (Å²) in [5.74, 6) is 1.36. The van der Waals surface area contributed by atoms with Crippen molar-refractivity contribution < 1.29 is 4.52 Å². The van der Waals surface area contributed by atoms with Gasteiger partial charge in [0, 0.05) is 13.2 Å². The summed E-state index contributed by atoms with van der Waals surface area (Å²) in [7, 11) is 1.75. The van der Waals surface area contributed by atoms with E-state index in [0.717, 1.165) is 4.88 Å². The summed E-state index contributed by atoms with van der Waals surface area (Å²) in [6, 6.07) is 0. The van der Waals surface area contributed by atoms with Gasteiger partial charge in [-0.3, -0.25) is 9.67 Å². The van der Waals surface area contributed by atoms with Gasteiger partial charge in [0.15, 0.2) is 0 Å². The summed E-state index contributed by atoms with van der Waals surface area (Å²) in [4.78, 5) is 9.06. The van der Waals surface area contributed by atoms with Gasteiger partial charge in [-0.05, 0) is 0 Å². The van der Waals surface area contributed by atoms with Crippen molar-refractivity contribution in [2.24, 2.45) is 7.05 Å². The molecule has 0 amide bonds. The number of rotatable bonds is 2. The lowest BCUT2D eigenvalue weighted by Gasteiger charge is -1.93. The Morgan fingerprint density at radius 1 is 1.41 bits per heavy atom. The van der Waals surface area contributed by atoms with Crippen LogP contribution in [-0.4, -0.2) is 24.9 Å². The van der Waals surface area contributed by atoms with E-state index in [4.69, 9.17) is 10.3 Å². The van der Waals surface area contributed by atoms with E-state index in [1.165, 1.54) is 11.3 Å². The van der Waals surface area contributed by atoms with Crippen molar-refractivity contribution in [1.29, 1.82) is 0 Å². The second-order valence-electron chi connectivity index (χ2n) is 3.36. The van der Waals surface area contributed by atoms with Gasteiger partial charge in [-0.15, -0.1) is 11.3 Å². The van der Waals surface area contributed by atoms with Crippen LogP contribution in [0.2, 0.25) is 0 Å². The predicted molar refractivity (Wildman–Crippen MR) is 62.0 cm³/mol. The smallest absolute Gasteiger partial charge is 0.263 e. The first-order chi connectivity index (χ1) is 8.25. The molecule has 0 bridgehead atoms. The van der Waals surface area contributed by atoms with E-state index in [1.54, 1.807) is 29.6 Å². The molecule has 3 rings (SSSR count). The average Bonchev–Trinajstić information content (AvgIpc) is 3.01. The maximum atomic E-state index is 5.83. The first-order valence-corrected chi connectivity index (χ1v) is 5.64. The van der Waals surface area contributed by atoms with Gasteiger partial charge in [-0.1, -0.05) is 5.16 Å². The van der Waals surface area contributed by atoms with Gasteiger partial charge in [0.05, 0.1) is 16.6 Å². The predicted octanol–water partition coefficient (Wildman–Crippen LogP) is 1.18. The largest absolute Gasteiger partial charge is 0.383 e. The second-order valence-corrected chi connectivity index (χ2v) is 4.24. The highest BCUT2D eigenvalue weighted by Crippen LogP contribution is 2.27. The number of nitrogens with zero attached hydrogens (tertiary/aromatic N) is 5. The molecular weight excluding hydrogens is 240 g/mol. The minimum absolute atomic E-state index is 0.360. The molecule has 0 saturated heterocycles. The quantitative estimate of drug-likeness (QED) is 0.731. The molecule has 0 aliphatic heterocycles. The molecule has 0 aliphatic rings. The Hall–Kier alpha value is -2.22. The fourth-order valence-electron chi connectivity index (χ4n) is 1.37. The fraction of sp³-hybridized carbons (Fsp3) is 0.111. The Morgan fingerprint density at radius 2 is 2.29 bits per heavy atom. The molecule has 86 valence electrons. The van der Waals surface area contributed by atoms with E-state index in [2.05, 4.69) is 20.2 Å². The van der Waals surface area contributed by atoms with E-state index in [0.29, 0.717) is 23.1 Å². The fourth-order valence-corrected chi connectivity index (χ4v) is 1.92. The van der Waals surface area contributed by atoms with Crippen LogP contribution in [0.3, 0.4) is 0 Å². The molecule has 2 N–H and O–H groups in total. The maximum Gasteiger partial charge on any atom is 0.263 e. The van der Waals surface area contributed by atoms with Gasteiger partial charge >= 0.3 is 0 Å². The third-order valence-electron chi connectivity index (χ3n) is 2.29. The molecule has 7 nitrogen and oxygen atoms in total. The van der Waals surface area contributed by atoms with E-state index in [9.17, 15) is 0 Å². The number of hydrogen-bond acceptors (Lipinski definition) is 7. The highest BCUT2D eigenvalue weighted by atomic mass is 32.1. The summed E-state index contributed by atoms with van der Waals surface area (Å²) in [5.41, 5.74) is 8.17. The van der Waals surface area contributed by atoms with Gasteiger partial charge in [-0.25, -0.2) is 0 Å². The van der Waals surface area contributed by atoms with Gasteiger partial charge in [0.2, 0.25) is 5.82 Å². The van der Waals surface area contributed by atoms with Gasteiger partial charge in [0.1, 0.15) is 11.4 Å². The topological polar surface area (TPSA) is 95.6 Å². The summed E-state index contributed by atoms with van der Waals surface area (Å²) >= 11 is 1.45. The molecule has 0 aromatic carbocycles. The molecule has 0 unspecified atom stereocenters. The number of aryl methyl sites for hydroxylation is 1. The van der Waals surface area contributed by atoms with Crippen LogP contribution in [0.15, 0.2) is 22.4 Å². The number of hydrogen-bond donors (Lipinski definition) is 1. The van der Waals surface area contributed by atoms with Crippen molar-refractivity contribution in [2.75, 3.05) is 5.73 Å². The first-order valence-electron chi connectivity index (χ1n) is 4.76. The van der Waals surface area contributed by atoms with E-state index >= 15 is 0 Å². The van der Waals surface area contributed by atoms with Crippen LogP contribution in [0.1, 0.15) is 0 Å². The van der Waals surface area contributed by atoms with Crippen LogP contribution in [0.25, 0.3) is 22.2 Å². The van der Waals surface area contributed by atoms with E-state index in [1.807, 2.05) is 0 Å². The van der Waals surface area contributed by atoms with Crippen molar-refractivity contribution in [1.82, 2.24) is 24.9 Å². The van der Waals surface area contributed by atoms with Crippen molar-refractivity contribution in [3.63, 3.8) is 0 Å². The summed E-state index contributed by atoms with van der Waals surface area (Å²) in [5, 5.41) is 7.90. The Kier molecular flexibility index (Phi) is 2.15. The van der Waals surface area contributed by atoms with Gasteiger partial charge in [-0.2, -0.15) is 10.1 Å². The van der Waals surface area contributed by atoms with Crippen LogP contribution in [0.5, 0.6) is 0 Å². The second kappa shape index (κ2) is 3.67. The number of aromatic nitrogens is 5. The lowest BCUT2D eigenvalue weighted by molar-refractivity contribution is 0.432. The van der Waals surface area contributed by atoms with Crippen LogP contribution < -0.4 is 5.73 Å². The number of nitrogens with two attached hydrogens (primary N) is 1. The molecule has 0 atom stereocenters. The zero-order valence-electron chi connectivity index (χ0n) is 8.86. The molecule has 0 fully saturated rings. The third-order valence-corrected chi connectivity index (χ3v) is 3.06. The van der Waals surface area contributed by atoms with Crippen LogP contribution in [-0.2, 0) is 7.05 Å². The lowest BCUT2D eigenvalue weighted by atomic mass is 10.3. The van der Waals surface area contributed by atoms with Gasteiger partial charge < -0.3 is 10.3 Å². The SMILES string of the molecule is Cn1ncc(-c2nc(-c3cncs3)no2)c1N. The molecule has 3 aromatic rings. The minimum atomic E-state index is 0.360. The van der Waals surface area contributed by atoms with Crippen LogP contribution in [0, 0.1) is 0 Å². The highest BCUT2D eigenvalue weighted by molar-refractivity contribution is 7.13. The summed E-state index contributed by atoms with van der Waals surface area (Å²) < 4.78 is 6.70. The molecular formula is C9H8N6OS. The Bertz CT molecular complexity index is 640. The van der Waals surface area contributed by atoms with Crippen molar-refractivity contribution >= 4 is 17.2 Å².